The summed E-state index contributed by atoms with van der Waals surface area (Å²) in [6.45, 7) is 3.83. The van der Waals surface area contributed by atoms with Crippen LogP contribution in [-0.2, 0) is 0 Å². The van der Waals surface area contributed by atoms with E-state index in [1.807, 2.05) is 50.2 Å². The maximum Gasteiger partial charge on any atom is 0.357 e. The summed E-state index contributed by atoms with van der Waals surface area (Å²) in [5.41, 5.74) is 0.193. The molecule has 27 heavy (non-hydrogen) atoms. The van der Waals surface area contributed by atoms with Crippen molar-refractivity contribution in [2.75, 3.05) is 0 Å². The third-order valence-electron chi connectivity index (χ3n) is 4.18. The summed E-state index contributed by atoms with van der Waals surface area (Å²) in [5.74, 6) is 0.598. The molecule has 0 spiro atoms. The lowest BCUT2D eigenvalue weighted by molar-refractivity contribution is 0.511. The minimum Gasteiger partial charge on any atom is -0.266 e. The molecule has 0 saturated heterocycles. The Morgan fingerprint density at radius 1 is 0.852 bits per heavy atom. The van der Waals surface area contributed by atoms with Crippen molar-refractivity contribution in [3.8, 4) is 28.6 Å². The van der Waals surface area contributed by atoms with Crippen LogP contribution in [0, 0.1) is 0 Å². The summed E-state index contributed by atoms with van der Waals surface area (Å²) in [7, 11) is 0. The highest BCUT2D eigenvalue weighted by molar-refractivity contribution is 5.59. The summed E-state index contributed by atoms with van der Waals surface area (Å²) < 4.78 is 2.61. The smallest absolute Gasteiger partial charge is 0.266 e. The van der Waals surface area contributed by atoms with Crippen LogP contribution >= 0.6 is 0 Å². The largest absolute Gasteiger partial charge is 0.357 e. The Morgan fingerprint density at radius 3 is 2.11 bits per heavy atom. The first-order valence-electron chi connectivity index (χ1n) is 8.60. The van der Waals surface area contributed by atoms with Crippen LogP contribution in [0.5, 0.6) is 0 Å². The van der Waals surface area contributed by atoms with E-state index in [-0.39, 0.29) is 17.6 Å². The van der Waals surface area contributed by atoms with Gasteiger partial charge in [-0.15, -0.1) is 0 Å². The Bertz CT molecular complexity index is 1180. The SMILES string of the molecule is CC(C)n1nc(-c2ccccc2)nc2c(=O)n(-c3ccccc3)c(=O)nc1-2. The Hall–Kier alpha value is -3.61. The molecule has 7 heteroatoms. The molecule has 0 fully saturated rings. The molecule has 0 radical (unpaired) electrons. The molecule has 7 nitrogen and oxygen atoms in total. The molecule has 2 aliphatic heterocycles. The van der Waals surface area contributed by atoms with Crippen LogP contribution in [-0.4, -0.2) is 24.3 Å². The van der Waals surface area contributed by atoms with Gasteiger partial charge >= 0.3 is 5.69 Å². The highest BCUT2D eigenvalue weighted by Gasteiger charge is 2.23. The molecule has 0 saturated carbocycles. The summed E-state index contributed by atoms with van der Waals surface area (Å²) in [4.78, 5) is 34.3. The van der Waals surface area contributed by atoms with E-state index in [4.69, 9.17) is 0 Å². The molecular weight excluding hydrogens is 342 g/mol. The van der Waals surface area contributed by atoms with E-state index < -0.39 is 11.2 Å². The lowest BCUT2D eigenvalue weighted by Gasteiger charge is -2.17. The minimum absolute atomic E-state index is 0.100. The number of para-hydroxylation sites is 1. The van der Waals surface area contributed by atoms with Crippen LogP contribution in [0.3, 0.4) is 0 Å². The van der Waals surface area contributed by atoms with Gasteiger partial charge in [0.1, 0.15) is 0 Å². The third-order valence-corrected chi connectivity index (χ3v) is 4.18. The second kappa shape index (κ2) is 6.60. The number of nitrogens with zero attached hydrogens (tertiary/aromatic N) is 5. The maximum atomic E-state index is 13.1. The van der Waals surface area contributed by atoms with Crippen LogP contribution < -0.4 is 11.2 Å². The van der Waals surface area contributed by atoms with Crippen LogP contribution in [0.15, 0.2) is 70.3 Å². The van der Waals surface area contributed by atoms with E-state index in [9.17, 15) is 9.59 Å². The zero-order chi connectivity index (χ0) is 19.0. The van der Waals surface area contributed by atoms with Crippen LogP contribution in [0.25, 0.3) is 28.6 Å². The van der Waals surface area contributed by atoms with E-state index in [0.29, 0.717) is 11.5 Å². The first-order chi connectivity index (χ1) is 13.1. The fraction of sp³-hybridized carbons (Fsp3) is 0.150. The van der Waals surface area contributed by atoms with E-state index in [1.54, 1.807) is 28.9 Å². The molecule has 134 valence electrons. The fourth-order valence-electron chi connectivity index (χ4n) is 2.89. The van der Waals surface area contributed by atoms with Crippen molar-refractivity contribution < 1.29 is 0 Å². The lowest BCUT2D eigenvalue weighted by atomic mass is 10.2. The normalized spacial score (nSPS) is 11.2. The van der Waals surface area contributed by atoms with Crippen molar-refractivity contribution in [1.29, 1.82) is 0 Å². The first-order valence-corrected chi connectivity index (χ1v) is 8.60. The molecule has 0 atom stereocenters. The van der Waals surface area contributed by atoms with Gasteiger partial charge in [-0.3, -0.25) is 4.79 Å². The van der Waals surface area contributed by atoms with Crippen molar-refractivity contribution in [3.05, 3.63) is 81.5 Å². The summed E-state index contributed by atoms with van der Waals surface area (Å²) in [5, 5.41) is 4.51. The van der Waals surface area contributed by atoms with Crippen LogP contribution in [0.4, 0.5) is 0 Å². The van der Waals surface area contributed by atoms with E-state index in [0.717, 1.165) is 10.1 Å². The van der Waals surface area contributed by atoms with Gasteiger partial charge in [-0.1, -0.05) is 48.5 Å². The van der Waals surface area contributed by atoms with E-state index in [2.05, 4.69) is 15.1 Å². The van der Waals surface area contributed by atoms with Gasteiger partial charge in [-0.25, -0.2) is 19.0 Å². The van der Waals surface area contributed by atoms with Crippen molar-refractivity contribution in [3.63, 3.8) is 0 Å². The van der Waals surface area contributed by atoms with Crippen LogP contribution in [0.1, 0.15) is 19.9 Å². The molecule has 2 aromatic carbocycles. The predicted octanol–water partition coefficient (Wildman–Crippen LogP) is 2.54. The number of aromatic nitrogens is 5. The van der Waals surface area contributed by atoms with Gasteiger partial charge in [0.05, 0.1) is 5.69 Å². The Morgan fingerprint density at radius 2 is 1.48 bits per heavy atom. The van der Waals surface area contributed by atoms with Crippen molar-refractivity contribution in [1.82, 2.24) is 24.3 Å². The number of hydrogen-bond donors (Lipinski definition) is 0. The summed E-state index contributed by atoms with van der Waals surface area (Å²) >= 11 is 0. The minimum atomic E-state index is -0.649. The monoisotopic (exact) mass is 359 g/mol. The van der Waals surface area contributed by atoms with Gasteiger partial charge in [0.15, 0.2) is 17.3 Å². The van der Waals surface area contributed by atoms with Gasteiger partial charge in [0, 0.05) is 11.6 Å². The van der Waals surface area contributed by atoms with Crippen LogP contribution in [0.2, 0.25) is 0 Å². The van der Waals surface area contributed by atoms with Crippen molar-refractivity contribution in [2.45, 2.75) is 19.9 Å². The van der Waals surface area contributed by atoms with Gasteiger partial charge in [-0.2, -0.15) is 10.1 Å². The van der Waals surface area contributed by atoms with Gasteiger partial charge < -0.3 is 0 Å². The van der Waals surface area contributed by atoms with Gasteiger partial charge in [0.2, 0.25) is 0 Å². The first kappa shape index (κ1) is 16.8. The molecule has 2 aromatic rings. The van der Waals surface area contributed by atoms with Crippen molar-refractivity contribution in [2.24, 2.45) is 0 Å². The Kier molecular flexibility index (Phi) is 4.12. The lowest BCUT2D eigenvalue weighted by Crippen LogP contribution is -2.38. The highest BCUT2D eigenvalue weighted by atomic mass is 16.2. The number of fused-ring (bicyclic) bond motifs is 1. The standard InChI is InChI=1S/C20H17N5O2/c1-13(2)25-18-16(21-17(23-25)14-9-5-3-6-10-14)19(26)24(20(27)22-18)15-11-7-4-8-12-15/h3-13H,1-2H3. The summed E-state index contributed by atoms with van der Waals surface area (Å²) in [6, 6.07) is 18.0. The molecule has 4 rings (SSSR count). The predicted molar refractivity (Wildman–Crippen MR) is 102 cm³/mol. The molecule has 0 unspecified atom stereocenters. The molecule has 0 aromatic heterocycles. The molecule has 0 aliphatic carbocycles. The van der Waals surface area contributed by atoms with E-state index >= 15 is 0 Å². The maximum absolute atomic E-state index is 13.1. The average molecular weight is 359 g/mol. The van der Waals surface area contributed by atoms with E-state index in [1.165, 1.54) is 0 Å². The number of rotatable bonds is 3. The molecule has 0 amide bonds. The molecular formula is C20H17N5O2. The molecule has 2 heterocycles. The second-order valence-corrected chi connectivity index (χ2v) is 6.38. The topological polar surface area (TPSA) is 82.7 Å². The fourth-order valence-corrected chi connectivity index (χ4v) is 2.89. The molecule has 0 bridgehead atoms. The van der Waals surface area contributed by atoms with Crippen molar-refractivity contribution >= 4 is 0 Å². The quantitative estimate of drug-likeness (QED) is 0.561. The summed E-state index contributed by atoms with van der Waals surface area (Å²) in [6.07, 6.45) is 0. The molecule has 0 N–H and O–H groups in total. The van der Waals surface area contributed by atoms with Gasteiger partial charge in [0.25, 0.3) is 5.56 Å². The number of hydrogen-bond acceptors (Lipinski definition) is 5. The zero-order valence-electron chi connectivity index (χ0n) is 14.9. The highest BCUT2D eigenvalue weighted by Crippen LogP contribution is 2.21. The average Bonchev–Trinajstić information content (AvgIpc) is 2.69. The second-order valence-electron chi connectivity index (χ2n) is 6.38. The zero-order valence-corrected chi connectivity index (χ0v) is 14.9. The number of benzene rings is 2. The Labute approximate surface area is 154 Å². The van der Waals surface area contributed by atoms with Gasteiger partial charge in [-0.05, 0) is 26.0 Å². The molecule has 2 aliphatic rings. The Balaban J connectivity index is 2.08. The third kappa shape index (κ3) is 2.93.